The van der Waals surface area contributed by atoms with Crippen LogP contribution in [0.3, 0.4) is 0 Å². The third kappa shape index (κ3) is 16.7. The molecular weight excluding hydrogens is 308 g/mol. The lowest BCUT2D eigenvalue weighted by Crippen LogP contribution is -2.34. The molecular formula is C17H40O3Si2. The van der Waals surface area contributed by atoms with E-state index in [0.29, 0.717) is 6.61 Å². The predicted molar refractivity (Wildman–Crippen MR) is 101 cm³/mol. The maximum Gasteiger partial charge on any atom is 0.173 e. The van der Waals surface area contributed by atoms with Gasteiger partial charge in [-0.05, 0) is 45.6 Å². The summed E-state index contributed by atoms with van der Waals surface area (Å²) < 4.78 is 6.20. The van der Waals surface area contributed by atoms with E-state index in [1.807, 2.05) is 6.92 Å². The van der Waals surface area contributed by atoms with Gasteiger partial charge in [0, 0.05) is 0 Å². The standard InChI is InChI=1S/C17H40O3Si2/c1-6-18-19-16-14-12-10-8-7-9-11-13-15-17-22(4,5)20-21(2)3/h21H,6-17H2,1-5H3. The zero-order valence-electron chi connectivity index (χ0n) is 15.8. The van der Waals surface area contributed by atoms with Crippen LogP contribution in [0.2, 0.25) is 32.2 Å². The molecule has 0 rings (SSSR count). The van der Waals surface area contributed by atoms with Gasteiger partial charge in [-0.25, -0.2) is 9.78 Å². The molecule has 0 N–H and O–H groups in total. The van der Waals surface area contributed by atoms with Gasteiger partial charge in [0.25, 0.3) is 0 Å². The molecule has 0 heterocycles. The maximum atomic E-state index is 6.20. The van der Waals surface area contributed by atoms with E-state index in [1.165, 1.54) is 57.4 Å². The molecule has 0 unspecified atom stereocenters. The lowest BCUT2D eigenvalue weighted by Gasteiger charge is -2.25. The molecule has 134 valence electrons. The van der Waals surface area contributed by atoms with Crippen LogP contribution in [0.4, 0.5) is 0 Å². The van der Waals surface area contributed by atoms with Crippen LogP contribution in [0.15, 0.2) is 0 Å². The monoisotopic (exact) mass is 348 g/mol. The SMILES string of the molecule is CCOOCCCCCCCCCCC[Si](C)(C)O[SiH](C)C. The second kappa shape index (κ2) is 14.9. The van der Waals surface area contributed by atoms with Gasteiger partial charge in [-0.2, -0.15) is 0 Å². The molecule has 22 heavy (non-hydrogen) atoms. The zero-order chi connectivity index (χ0) is 16.7. The van der Waals surface area contributed by atoms with Crippen LogP contribution < -0.4 is 0 Å². The number of rotatable bonds is 16. The molecule has 0 bridgehead atoms. The Hall–Kier alpha value is 0.314. The van der Waals surface area contributed by atoms with E-state index in [0.717, 1.165) is 13.0 Å². The molecule has 5 heteroatoms. The molecule has 0 aliphatic heterocycles. The summed E-state index contributed by atoms with van der Waals surface area (Å²) in [6.07, 6.45) is 12.1. The van der Waals surface area contributed by atoms with Crippen LogP contribution in [0, 0.1) is 0 Å². The van der Waals surface area contributed by atoms with Gasteiger partial charge in [0.2, 0.25) is 0 Å². The molecule has 0 amide bonds. The minimum atomic E-state index is -1.33. The molecule has 0 atom stereocenters. The van der Waals surface area contributed by atoms with Crippen molar-refractivity contribution in [1.82, 2.24) is 0 Å². The first kappa shape index (κ1) is 22.3. The Morgan fingerprint density at radius 1 is 0.727 bits per heavy atom. The summed E-state index contributed by atoms with van der Waals surface area (Å²) in [7, 11) is -2.17. The summed E-state index contributed by atoms with van der Waals surface area (Å²) in [5, 5.41) is 0. The normalized spacial score (nSPS) is 12.3. The Balaban J connectivity index is 3.20. The van der Waals surface area contributed by atoms with Crippen LogP contribution in [-0.2, 0) is 13.9 Å². The Kier molecular flexibility index (Phi) is 15.1. The van der Waals surface area contributed by atoms with E-state index in [9.17, 15) is 0 Å². The highest BCUT2D eigenvalue weighted by atomic mass is 28.4. The minimum Gasteiger partial charge on any atom is -0.458 e. The summed E-state index contributed by atoms with van der Waals surface area (Å²) >= 11 is 0. The lowest BCUT2D eigenvalue weighted by atomic mass is 10.1. The Morgan fingerprint density at radius 3 is 1.73 bits per heavy atom. The van der Waals surface area contributed by atoms with Crippen molar-refractivity contribution in [3.63, 3.8) is 0 Å². The van der Waals surface area contributed by atoms with Gasteiger partial charge in [-0.15, -0.1) is 0 Å². The van der Waals surface area contributed by atoms with Crippen LogP contribution in [0.5, 0.6) is 0 Å². The summed E-state index contributed by atoms with van der Waals surface area (Å²) in [5.41, 5.74) is 0. The van der Waals surface area contributed by atoms with Gasteiger partial charge in [0.05, 0.1) is 13.2 Å². The van der Waals surface area contributed by atoms with Crippen molar-refractivity contribution in [3.8, 4) is 0 Å². The quantitative estimate of drug-likeness (QED) is 0.156. The molecule has 0 saturated heterocycles. The second-order valence-electron chi connectivity index (χ2n) is 7.09. The fourth-order valence-electron chi connectivity index (χ4n) is 2.79. The summed E-state index contributed by atoms with van der Waals surface area (Å²) in [6, 6.07) is 1.35. The second-order valence-corrected chi connectivity index (χ2v) is 14.1. The largest absolute Gasteiger partial charge is 0.458 e. The first-order valence-electron chi connectivity index (χ1n) is 9.40. The van der Waals surface area contributed by atoms with Crippen LogP contribution in [0.1, 0.15) is 64.7 Å². The molecule has 0 fully saturated rings. The average Bonchev–Trinajstić information content (AvgIpc) is 2.42. The van der Waals surface area contributed by atoms with Crippen molar-refractivity contribution in [2.75, 3.05) is 13.2 Å². The van der Waals surface area contributed by atoms with Crippen LogP contribution >= 0.6 is 0 Å². The van der Waals surface area contributed by atoms with Crippen molar-refractivity contribution in [3.05, 3.63) is 0 Å². The Morgan fingerprint density at radius 2 is 1.23 bits per heavy atom. The van der Waals surface area contributed by atoms with Gasteiger partial charge in [0.1, 0.15) is 0 Å². The topological polar surface area (TPSA) is 27.7 Å². The van der Waals surface area contributed by atoms with E-state index in [-0.39, 0.29) is 0 Å². The third-order valence-corrected chi connectivity index (χ3v) is 9.76. The van der Waals surface area contributed by atoms with E-state index in [2.05, 4.69) is 26.2 Å². The lowest BCUT2D eigenvalue weighted by molar-refractivity contribution is -0.291. The molecule has 0 spiro atoms. The highest BCUT2D eigenvalue weighted by Crippen LogP contribution is 2.18. The molecule has 0 saturated carbocycles. The summed E-state index contributed by atoms with van der Waals surface area (Å²) in [6.45, 7) is 12.7. The van der Waals surface area contributed by atoms with Gasteiger partial charge < -0.3 is 4.12 Å². The van der Waals surface area contributed by atoms with Crippen molar-refractivity contribution >= 4 is 17.4 Å². The van der Waals surface area contributed by atoms with Crippen LogP contribution in [0.25, 0.3) is 0 Å². The molecule has 0 aromatic rings. The van der Waals surface area contributed by atoms with E-state index in [1.54, 1.807) is 0 Å². The zero-order valence-corrected chi connectivity index (χ0v) is 17.9. The molecule has 0 aliphatic carbocycles. The van der Waals surface area contributed by atoms with E-state index < -0.39 is 17.4 Å². The smallest absolute Gasteiger partial charge is 0.173 e. The van der Waals surface area contributed by atoms with E-state index in [4.69, 9.17) is 13.9 Å². The molecule has 0 radical (unpaired) electrons. The summed E-state index contributed by atoms with van der Waals surface area (Å²) in [5.74, 6) is 0. The number of hydrogen-bond acceptors (Lipinski definition) is 3. The first-order valence-corrected chi connectivity index (χ1v) is 15.3. The van der Waals surface area contributed by atoms with Gasteiger partial charge >= 0.3 is 0 Å². The van der Waals surface area contributed by atoms with Crippen molar-refractivity contribution in [2.45, 2.75) is 96.9 Å². The fourth-order valence-corrected chi connectivity index (χ4v) is 9.47. The van der Waals surface area contributed by atoms with Gasteiger partial charge in [-0.3, -0.25) is 0 Å². The van der Waals surface area contributed by atoms with Crippen molar-refractivity contribution in [1.29, 1.82) is 0 Å². The van der Waals surface area contributed by atoms with Gasteiger partial charge in [0.15, 0.2) is 17.4 Å². The summed E-state index contributed by atoms with van der Waals surface area (Å²) in [4.78, 5) is 9.86. The molecule has 3 nitrogen and oxygen atoms in total. The highest BCUT2D eigenvalue weighted by molar-refractivity contribution is 6.77. The van der Waals surface area contributed by atoms with Crippen molar-refractivity contribution < 1.29 is 13.9 Å². The molecule has 0 aromatic heterocycles. The Labute approximate surface area is 141 Å². The maximum absolute atomic E-state index is 6.20. The molecule has 0 aromatic carbocycles. The van der Waals surface area contributed by atoms with Crippen molar-refractivity contribution in [2.24, 2.45) is 0 Å². The Bertz CT molecular complexity index is 236. The first-order chi connectivity index (χ1) is 10.5. The molecule has 0 aliphatic rings. The fraction of sp³-hybridized carbons (Fsp3) is 1.00. The predicted octanol–water partition coefficient (Wildman–Crippen LogP) is 5.67. The van der Waals surface area contributed by atoms with Gasteiger partial charge in [-0.1, -0.05) is 51.4 Å². The highest BCUT2D eigenvalue weighted by Gasteiger charge is 2.22. The number of hydrogen-bond donors (Lipinski definition) is 0. The third-order valence-electron chi connectivity index (χ3n) is 3.76. The minimum absolute atomic E-state index is 0.644. The van der Waals surface area contributed by atoms with E-state index >= 15 is 0 Å². The average molecular weight is 349 g/mol. The number of unbranched alkanes of at least 4 members (excludes halogenated alkanes) is 8. The van der Waals surface area contributed by atoms with Crippen LogP contribution in [-0.4, -0.2) is 30.6 Å².